The number of anilines is 1. The van der Waals surface area contributed by atoms with Crippen LogP contribution in [0.4, 0.5) is 5.69 Å². The molecular weight excluding hydrogens is 474 g/mol. The molecule has 1 fully saturated rings. The average molecular weight is 508 g/mol. The van der Waals surface area contributed by atoms with Gasteiger partial charge in [0, 0.05) is 13.1 Å². The molecule has 1 aliphatic rings. The zero-order chi connectivity index (χ0) is 25.5. The quantitative estimate of drug-likeness (QED) is 0.436. The lowest BCUT2D eigenvalue weighted by atomic mass is 10.1. The van der Waals surface area contributed by atoms with Crippen molar-refractivity contribution in [2.45, 2.75) is 38.9 Å². The molecule has 3 aromatic rings. The summed E-state index contributed by atoms with van der Waals surface area (Å²) in [5, 5.41) is 2.94. The Balaban J connectivity index is 1.44. The predicted octanol–water partition coefficient (Wildman–Crippen LogP) is 4.55. The number of amides is 1. The van der Waals surface area contributed by atoms with E-state index < -0.39 is 16.1 Å². The van der Waals surface area contributed by atoms with Crippen molar-refractivity contribution in [3.63, 3.8) is 0 Å². The molecular formula is C28H33N3O4S. The Morgan fingerprint density at radius 2 is 1.50 bits per heavy atom. The fourth-order valence-electron chi connectivity index (χ4n) is 4.49. The highest BCUT2D eigenvalue weighted by atomic mass is 32.2. The molecule has 0 aromatic heterocycles. The lowest BCUT2D eigenvalue weighted by Crippen LogP contribution is -2.47. The van der Waals surface area contributed by atoms with Crippen molar-refractivity contribution in [1.82, 2.24) is 10.2 Å². The van der Waals surface area contributed by atoms with Crippen LogP contribution >= 0.6 is 0 Å². The number of carbonyl (C=O) groups is 1. The summed E-state index contributed by atoms with van der Waals surface area (Å²) in [6.07, 6.45) is 3.55. The highest BCUT2D eigenvalue weighted by molar-refractivity contribution is 7.92. The molecule has 0 spiro atoms. The summed E-state index contributed by atoms with van der Waals surface area (Å²) in [4.78, 5) is 15.5. The van der Waals surface area contributed by atoms with Gasteiger partial charge >= 0.3 is 0 Å². The molecule has 0 radical (unpaired) electrons. The summed E-state index contributed by atoms with van der Waals surface area (Å²) in [7, 11) is -3.72. The van der Waals surface area contributed by atoms with E-state index in [1.165, 1.54) is 18.4 Å². The Morgan fingerprint density at radius 3 is 2.14 bits per heavy atom. The molecule has 1 amide bonds. The van der Waals surface area contributed by atoms with Gasteiger partial charge in [-0.15, -0.1) is 0 Å². The normalized spacial score (nSPS) is 14.8. The number of benzene rings is 3. The number of nitrogens with one attached hydrogen (secondary N) is 1. The van der Waals surface area contributed by atoms with Crippen LogP contribution in [0.25, 0.3) is 0 Å². The summed E-state index contributed by atoms with van der Waals surface area (Å²) in [5.74, 6) is 0.897. The zero-order valence-corrected chi connectivity index (χ0v) is 21.6. The molecule has 36 heavy (non-hydrogen) atoms. The van der Waals surface area contributed by atoms with E-state index in [9.17, 15) is 13.2 Å². The average Bonchev–Trinajstić information content (AvgIpc) is 3.37. The molecule has 1 heterocycles. The van der Waals surface area contributed by atoms with Crippen molar-refractivity contribution in [3.8, 4) is 11.5 Å². The number of nitrogens with zero attached hydrogens (tertiary/aromatic N) is 2. The van der Waals surface area contributed by atoms with Gasteiger partial charge in [0.05, 0.1) is 11.9 Å². The van der Waals surface area contributed by atoms with Crippen molar-refractivity contribution >= 4 is 21.6 Å². The van der Waals surface area contributed by atoms with E-state index in [0.717, 1.165) is 35.8 Å². The smallest absolute Gasteiger partial charge is 0.243 e. The maximum absolute atomic E-state index is 13.1. The van der Waals surface area contributed by atoms with Crippen molar-refractivity contribution in [2.24, 2.45) is 0 Å². The first-order valence-electron chi connectivity index (χ1n) is 12.2. The topological polar surface area (TPSA) is 79.0 Å². The van der Waals surface area contributed by atoms with Gasteiger partial charge in [0.15, 0.2) is 0 Å². The molecule has 4 rings (SSSR count). The molecule has 0 bridgehead atoms. The van der Waals surface area contributed by atoms with Crippen LogP contribution in [0.5, 0.6) is 11.5 Å². The minimum atomic E-state index is -3.72. The van der Waals surface area contributed by atoms with Crippen LogP contribution in [0, 0.1) is 0 Å². The van der Waals surface area contributed by atoms with Crippen molar-refractivity contribution in [1.29, 1.82) is 0 Å². The Bertz CT molecular complexity index is 1260. The first kappa shape index (κ1) is 25.7. The Labute approximate surface area is 213 Å². The Hall–Kier alpha value is -3.36. The standard InChI is InChI=1S/C28H33N3O4S/c1-22(28(32)29-20-23-10-6-7-11-24(23)21-30-18-8-9-19-30)31(36(2,33)34)25-14-16-27(17-15-25)35-26-12-4-3-5-13-26/h3-7,10-17,22H,8-9,18-21H2,1-2H3,(H,29,32)/t22-/m1/s1. The number of sulfonamides is 1. The van der Waals surface area contributed by atoms with Crippen LogP contribution in [-0.4, -0.2) is 44.6 Å². The number of rotatable bonds is 10. The first-order valence-corrected chi connectivity index (χ1v) is 14.1. The number of carbonyl (C=O) groups excluding carboxylic acids is 1. The fraction of sp³-hybridized carbons (Fsp3) is 0.321. The van der Waals surface area contributed by atoms with E-state index in [1.807, 2.05) is 48.5 Å². The monoisotopic (exact) mass is 507 g/mol. The van der Waals surface area contributed by atoms with Crippen LogP contribution in [0.2, 0.25) is 0 Å². The van der Waals surface area contributed by atoms with Gasteiger partial charge in [0.1, 0.15) is 17.5 Å². The molecule has 190 valence electrons. The molecule has 1 atom stereocenters. The second-order valence-electron chi connectivity index (χ2n) is 9.11. The maximum Gasteiger partial charge on any atom is 0.243 e. The number of likely N-dealkylation sites (tertiary alicyclic amines) is 1. The van der Waals surface area contributed by atoms with Gasteiger partial charge in [-0.3, -0.25) is 14.0 Å². The van der Waals surface area contributed by atoms with E-state index >= 15 is 0 Å². The number of para-hydroxylation sites is 1. The van der Waals surface area contributed by atoms with E-state index in [2.05, 4.69) is 16.3 Å². The highest BCUT2D eigenvalue weighted by Crippen LogP contribution is 2.27. The second-order valence-corrected chi connectivity index (χ2v) is 11.0. The van der Waals surface area contributed by atoms with E-state index in [-0.39, 0.29) is 5.91 Å². The first-order chi connectivity index (χ1) is 17.3. The van der Waals surface area contributed by atoms with Gasteiger partial charge < -0.3 is 10.1 Å². The van der Waals surface area contributed by atoms with E-state index in [0.29, 0.717) is 23.7 Å². The Morgan fingerprint density at radius 1 is 0.917 bits per heavy atom. The van der Waals surface area contributed by atoms with Crippen LogP contribution < -0.4 is 14.4 Å². The van der Waals surface area contributed by atoms with E-state index in [4.69, 9.17) is 4.74 Å². The number of ether oxygens (including phenoxy) is 1. The Kier molecular flexibility index (Phi) is 8.28. The van der Waals surface area contributed by atoms with Gasteiger partial charge in [0.2, 0.25) is 15.9 Å². The summed E-state index contributed by atoms with van der Waals surface area (Å²) in [6, 6.07) is 23.2. The summed E-state index contributed by atoms with van der Waals surface area (Å²) in [5.41, 5.74) is 2.62. The molecule has 1 saturated heterocycles. The van der Waals surface area contributed by atoms with Gasteiger partial charge in [-0.2, -0.15) is 0 Å². The van der Waals surface area contributed by atoms with Crippen molar-refractivity contribution < 1.29 is 17.9 Å². The minimum absolute atomic E-state index is 0.342. The summed E-state index contributed by atoms with van der Waals surface area (Å²) >= 11 is 0. The minimum Gasteiger partial charge on any atom is -0.457 e. The third-order valence-corrected chi connectivity index (χ3v) is 7.56. The third kappa shape index (κ3) is 6.65. The SMILES string of the molecule is C[C@H](C(=O)NCc1ccccc1CN1CCCC1)N(c1ccc(Oc2ccccc2)cc1)S(C)(=O)=O. The molecule has 0 aliphatic carbocycles. The molecule has 7 nitrogen and oxygen atoms in total. The van der Waals surface area contributed by atoms with Crippen LogP contribution in [0.1, 0.15) is 30.9 Å². The van der Waals surface area contributed by atoms with Crippen LogP contribution in [0.3, 0.4) is 0 Å². The van der Waals surface area contributed by atoms with Gasteiger partial charge in [-0.05, 0) is 80.4 Å². The zero-order valence-electron chi connectivity index (χ0n) is 20.8. The molecule has 1 aliphatic heterocycles. The lowest BCUT2D eigenvalue weighted by Gasteiger charge is -2.28. The predicted molar refractivity (Wildman–Crippen MR) is 143 cm³/mol. The van der Waals surface area contributed by atoms with E-state index in [1.54, 1.807) is 31.2 Å². The van der Waals surface area contributed by atoms with Gasteiger partial charge in [0.25, 0.3) is 0 Å². The van der Waals surface area contributed by atoms with Crippen LogP contribution in [0.15, 0.2) is 78.9 Å². The fourth-order valence-corrected chi connectivity index (χ4v) is 5.67. The molecule has 3 aromatic carbocycles. The molecule has 0 unspecified atom stereocenters. The van der Waals surface area contributed by atoms with Crippen molar-refractivity contribution in [3.05, 3.63) is 90.0 Å². The third-order valence-electron chi connectivity index (χ3n) is 6.32. The molecule has 8 heteroatoms. The van der Waals surface area contributed by atoms with Crippen LogP contribution in [-0.2, 0) is 27.9 Å². The van der Waals surface area contributed by atoms with Gasteiger partial charge in [-0.1, -0.05) is 42.5 Å². The highest BCUT2D eigenvalue weighted by Gasteiger charge is 2.29. The molecule has 1 N–H and O–H groups in total. The number of hydrogen-bond donors (Lipinski definition) is 1. The molecule has 0 saturated carbocycles. The maximum atomic E-state index is 13.1. The lowest BCUT2D eigenvalue weighted by molar-refractivity contribution is -0.122. The number of hydrogen-bond acceptors (Lipinski definition) is 5. The largest absolute Gasteiger partial charge is 0.457 e. The van der Waals surface area contributed by atoms with Crippen molar-refractivity contribution in [2.75, 3.05) is 23.7 Å². The summed E-state index contributed by atoms with van der Waals surface area (Å²) in [6.45, 7) is 4.98. The second kappa shape index (κ2) is 11.6. The van der Waals surface area contributed by atoms with Gasteiger partial charge in [-0.25, -0.2) is 8.42 Å². The summed E-state index contributed by atoms with van der Waals surface area (Å²) < 4.78 is 32.3.